The molecule has 0 aliphatic heterocycles. The molecule has 0 heterocycles. The van der Waals surface area contributed by atoms with Crippen LogP contribution >= 0.6 is 0 Å². The number of carbonyl (C=O) groups is 1. The maximum Gasteiger partial charge on any atom is 0.305 e. The van der Waals surface area contributed by atoms with Crippen LogP contribution in [0.5, 0.6) is 5.75 Å². The van der Waals surface area contributed by atoms with Gasteiger partial charge in [0, 0.05) is 6.42 Å². The molecule has 0 saturated carbocycles. The van der Waals surface area contributed by atoms with Crippen molar-refractivity contribution in [2.75, 3.05) is 13.2 Å². The Kier molecular flexibility index (Phi) is 7.83. The summed E-state index contributed by atoms with van der Waals surface area (Å²) >= 11 is 0. The molecule has 0 aromatic heterocycles. The van der Waals surface area contributed by atoms with Crippen molar-refractivity contribution in [1.29, 1.82) is 0 Å². The first-order valence-electron chi connectivity index (χ1n) is 7.61. The van der Waals surface area contributed by atoms with Crippen molar-refractivity contribution in [3.63, 3.8) is 0 Å². The fourth-order valence-corrected chi connectivity index (χ4v) is 2.06. The SMILES string of the molecule is CCOC(=O)CCCCCOc1ccc([C@H](C)O)cc1C. The molecule has 0 bridgehead atoms. The molecule has 0 spiro atoms. The van der Waals surface area contributed by atoms with Crippen LogP contribution < -0.4 is 4.74 Å². The van der Waals surface area contributed by atoms with Gasteiger partial charge in [0.05, 0.1) is 19.3 Å². The van der Waals surface area contributed by atoms with Crippen molar-refractivity contribution in [3.8, 4) is 5.75 Å². The van der Waals surface area contributed by atoms with Gasteiger partial charge in [0.15, 0.2) is 0 Å². The topological polar surface area (TPSA) is 55.8 Å². The lowest BCUT2D eigenvalue weighted by Gasteiger charge is -2.12. The van der Waals surface area contributed by atoms with Crippen LogP contribution in [0.2, 0.25) is 0 Å². The normalized spacial score (nSPS) is 12.0. The minimum atomic E-state index is -0.458. The number of ether oxygens (including phenoxy) is 2. The zero-order valence-electron chi connectivity index (χ0n) is 13.2. The van der Waals surface area contributed by atoms with E-state index < -0.39 is 6.10 Å². The van der Waals surface area contributed by atoms with Gasteiger partial charge in [0.25, 0.3) is 0 Å². The number of aliphatic hydroxyl groups is 1. The van der Waals surface area contributed by atoms with E-state index in [0.717, 1.165) is 36.1 Å². The second kappa shape index (κ2) is 9.40. The van der Waals surface area contributed by atoms with Gasteiger partial charge in [-0.3, -0.25) is 4.79 Å². The lowest BCUT2D eigenvalue weighted by atomic mass is 10.1. The molecule has 1 N–H and O–H groups in total. The fourth-order valence-electron chi connectivity index (χ4n) is 2.06. The van der Waals surface area contributed by atoms with Crippen LogP contribution in [0.3, 0.4) is 0 Å². The summed E-state index contributed by atoms with van der Waals surface area (Å²) < 4.78 is 10.6. The lowest BCUT2D eigenvalue weighted by molar-refractivity contribution is -0.143. The molecule has 1 atom stereocenters. The minimum Gasteiger partial charge on any atom is -0.493 e. The fraction of sp³-hybridized carbons (Fsp3) is 0.588. The van der Waals surface area contributed by atoms with Crippen molar-refractivity contribution >= 4 is 5.97 Å². The van der Waals surface area contributed by atoms with Crippen LogP contribution in [0.15, 0.2) is 18.2 Å². The monoisotopic (exact) mass is 294 g/mol. The Balaban J connectivity index is 2.22. The van der Waals surface area contributed by atoms with Crippen LogP contribution in [0, 0.1) is 6.92 Å². The van der Waals surface area contributed by atoms with Crippen molar-refractivity contribution in [1.82, 2.24) is 0 Å². The maximum atomic E-state index is 11.2. The predicted molar refractivity (Wildman–Crippen MR) is 82.4 cm³/mol. The van der Waals surface area contributed by atoms with Crippen LogP contribution in [-0.4, -0.2) is 24.3 Å². The first-order valence-corrected chi connectivity index (χ1v) is 7.61. The molecule has 4 nitrogen and oxygen atoms in total. The van der Waals surface area contributed by atoms with E-state index in [2.05, 4.69) is 0 Å². The molecule has 118 valence electrons. The Morgan fingerprint density at radius 1 is 1.29 bits per heavy atom. The number of esters is 1. The first kappa shape index (κ1) is 17.5. The average Bonchev–Trinajstić information content (AvgIpc) is 2.44. The Hall–Kier alpha value is -1.55. The number of aliphatic hydroxyl groups excluding tert-OH is 1. The molecule has 0 saturated heterocycles. The lowest BCUT2D eigenvalue weighted by Crippen LogP contribution is -2.04. The van der Waals surface area contributed by atoms with Crippen LogP contribution in [0.25, 0.3) is 0 Å². The third-order valence-corrected chi connectivity index (χ3v) is 3.27. The van der Waals surface area contributed by atoms with Gasteiger partial charge in [-0.2, -0.15) is 0 Å². The van der Waals surface area contributed by atoms with Gasteiger partial charge >= 0.3 is 5.97 Å². The predicted octanol–water partition coefficient (Wildman–Crippen LogP) is 3.55. The van der Waals surface area contributed by atoms with Crippen LogP contribution in [0.1, 0.15) is 56.8 Å². The van der Waals surface area contributed by atoms with Gasteiger partial charge in [0.1, 0.15) is 5.75 Å². The smallest absolute Gasteiger partial charge is 0.305 e. The number of benzene rings is 1. The van der Waals surface area contributed by atoms with Gasteiger partial charge in [-0.25, -0.2) is 0 Å². The zero-order chi connectivity index (χ0) is 15.7. The van der Waals surface area contributed by atoms with Gasteiger partial charge in [-0.15, -0.1) is 0 Å². The van der Waals surface area contributed by atoms with Gasteiger partial charge in [0.2, 0.25) is 0 Å². The Labute approximate surface area is 127 Å². The van der Waals surface area contributed by atoms with Crippen LogP contribution in [-0.2, 0) is 9.53 Å². The third kappa shape index (κ3) is 6.63. The van der Waals surface area contributed by atoms with E-state index in [0.29, 0.717) is 19.6 Å². The summed E-state index contributed by atoms with van der Waals surface area (Å²) in [5.41, 5.74) is 1.93. The number of hydrogen-bond acceptors (Lipinski definition) is 4. The van der Waals surface area contributed by atoms with Crippen molar-refractivity contribution < 1.29 is 19.4 Å². The second-order valence-corrected chi connectivity index (χ2v) is 5.17. The third-order valence-electron chi connectivity index (χ3n) is 3.27. The molecule has 21 heavy (non-hydrogen) atoms. The quantitative estimate of drug-likeness (QED) is 0.559. The molecule has 1 aromatic rings. The van der Waals surface area contributed by atoms with Crippen LogP contribution in [0.4, 0.5) is 0 Å². The van der Waals surface area contributed by atoms with Gasteiger partial charge in [-0.1, -0.05) is 6.07 Å². The summed E-state index contributed by atoms with van der Waals surface area (Å²) in [4.78, 5) is 11.2. The van der Waals surface area contributed by atoms with Crippen molar-refractivity contribution in [2.45, 2.75) is 52.6 Å². The Morgan fingerprint density at radius 3 is 2.67 bits per heavy atom. The summed E-state index contributed by atoms with van der Waals surface area (Å²) in [6, 6.07) is 5.73. The van der Waals surface area contributed by atoms with E-state index in [-0.39, 0.29) is 5.97 Å². The Bertz CT molecular complexity index is 440. The van der Waals surface area contributed by atoms with Gasteiger partial charge < -0.3 is 14.6 Å². The molecule has 0 amide bonds. The number of hydrogen-bond donors (Lipinski definition) is 1. The highest BCUT2D eigenvalue weighted by Crippen LogP contribution is 2.22. The van der Waals surface area contributed by atoms with E-state index in [1.165, 1.54) is 0 Å². The largest absolute Gasteiger partial charge is 0.493 e. The van der Waals surface area contributed by atoms with Crippen molar-refractivity contribution in [2.24, 2.45) is 0 Å². The standard InChI is InChI=1S/C17H26O4/c1-4-20-17(19)8-6-5-7-11-21-16-10-9-15(14(3)18)12-13(16)2/h9-10,12,14,18H,4-8,11H2,1-3H3/t14-/m0/s1. The maximum absolute atomic E-state index is 11.2. The van der Waals surface area contributed by atoms with E-state index in [4.69, 9.17) is 9.47 Å². The summed E-state index contributed by atoms with van der Waals surface area (Å²) in [6.45, 7) is 6.62. The van der Waals surface area contributed by atoms with E-state index in [1.807, 2.05) is 32.0 Å². The molecule has 0 fully saturated rings. The highest BCUT2D eigenvalue weighted by atomic mass is 16.5. The van der Waals surface area contributed by atoms with E-state index in [1.54, 1.807) is 6.92 Å². The molecule has 1 rings (SSSR count). The molecular formula is C17H26O4. The molecular weight excluding hydrogens is 268 g/mol. The van der Waals surface area contributed by atoms with E-state index in [9.17, 15) is 9.90 Å². The first-order chi connectivity index (χ1) is 10.0. The highest BCUT2D eigenvalue weighted by molar-refractivity contribution is 5.69. The average molecular weight is 294 g/mol. The zero-order valence-corrected chi connectivity index (χ0v) is 13.2. The second-order valence-electron chi connectivity index (χ2n) is 5.17. The number of aryl methyl sites for hydroxylation is 1. The molecule has 0 aliphatic rings. The number of unbranched alkanes of at least 4 members (excludes halogenated alkanes) is 2. The molecule has 4 heteroatoms. The van der Waals surface area contributed by atoms with Crippen molar-refractivity contribution in [3.05, 3.63) is 29.3 Å². The summed E-state index contributed by atoms with van der Waals surface area (Å²) in [6.07, 6.45) is 2.72. The summed E-state index contributed by atoms with van der Waals surface area (Å²) in [5.74, 6) is 0.729. The molecule has 0 unspecified atom stereocenters. The highest BCUT2D eigenvalue weighted by Gasteiger charge is 2.05. The van der Waals surface area contributed by atoms with E-state index >= 15 is 0 Å². The number of rotatable bonds is 9. The molecule has 1 aromatic carbocycles. The minimum absolute atomic E-state index is 0.122. The molecule has 0 radical (unpaired) electrons. The summed E-state index contributed by atoms with van der Waals surface area (Å²) in [7, 11) is 0. The Morgan fingerprint density at radius 2 is 2.05 bits per heavy atom. The van der Waals surface area contributed by atoms with Gasteiger partial charge in [-0.05, 0) is 63.3 Å². The molecule has 0 aliphatic carbocycles. The summed E-state index contributed by atoms with van der Waals surface area (Å²) in [5, 5.41) is 9.52. The number of carbonyl (C=O) groups excluding carboxylic acids is 1.